The molecule has 1 rings (SSSR count). The summed E-state index contributed by atoms with van der Waals surface area (Å²) in [5.41, 5.74) is 0.774. The summed E-state index contributed by atoms with van der Waals surface area (Å²) in [6.45, 7) is 7.63. The molecule has 0 aliphatic carbocycles. The van der Waals surface area contributed by atoms with Gasteiger partial charge in [0.2, 0.25) is 0 Å². The Kier molecular flexibility index (Phi) is 3.06. The molecule has 4 nitrogen and oxygen atoms in total. The van der Waals surface area contributed by atoms with Gasteiger partial charge in [0, 0.05) is 0 Å². The van der Waals surface area contributed by atoms with Crippen LogP contribution in [0, 0.1) is 0 Å². The van der Waals surface area contributed by atoms with Gasteiger partial charge >= 0.3 is 5.97 Å². The van der Waals surface area contributed by atoms with Crippen LogP contribution in [0.15, 0.2) is 17.1 Å². The largest absolute Gasteiger partial charge is 0.473 e. The number of ether oxygens (including phenoxy) is 2. The van der Waals surface area contributed by atoms with Crippen LogP contribution in [0.3, 0.4) is 0 Å². The van der Waals surface area contributed by atoms with Gasteiger partial charge in [-0.05, 0) is 19.4 Å². The molecule has 0 amide bonds. The van der Waals surface area contributed by atoms with Crippen LogP contribution >= 0.6 is 0 Å². The first kappa shape index (κ1) is 9.77. The molecule has 0 fully saturated rings. The number of hydrogen-bond donors (Lipinski definition) is 0. The summed E-state index contributed by atoms with van der Waals surface area (Å²) in [4.78, 5) is 15.2. The van der Waals surface area contributed by atoms with Crippen LogP contribution in [0.2, 0.25) is 0 Å². The zero-order valence-electron chi connectivity index (χ0n) is 7.82. The first-order valence-corrected chi connectivity index (χ1v) is 4.16. The molecule has 0 aromatic carbocycles. The lowest BCUT2D eigenvalue weighted by Crippen LogP contribution is -2.32. The summed E-state index contributed by atoms with van der Waals surface area (Å²) in [7, 11) is 0. The van der Waals surface area contributed by atoms with Crippen LogP contribution in [0.1, 0.15) is 13.8 Å². The van der Waals surface area contributed by atoms with E-state index in [4.69, 9.17) is 9.47 Å². The van der Waals surface area contributed by atoms with Crippen molar-refractivity contribution in [3.8, 4) is 0 Å². The third-order valence-corrected chi connectivity index (χ3v) is 1.73. The third kappa shape index (κ3) is 2.08. The molecule has 0 aromatic heterocycles. The van der Waals surface area contributed by atoms with Gasteiger partial charge in [-0.25, -0.2) is 9.79 Å². The molecular weight excluding hydrogens is 170 g/mol. The molecule has 0 saturated carbocycles. The molecule has 0 aromatic rings. The number of hydrogen-bond acceptors (Lipinski definition) is 4. The molecular formula is C9H13NO3. The van der Waals surface area contributed by atoms with E-state index in [2.05, 4.69) is 11.6 Å². The van der Waals surface area contributed by atoms with Gasteiger partial charge in [-0.3, -0.25) is 0 Å². The summed E-state index contributed by atoms with van der Waals surface area (Å²) in [5, 5.41) is 0. The highest BCUT2D eigenvalue weighted by atomic mass is 16.5. The quantitative estimate of drug-likeness (QED) is 0.483. The number of rotatable bonds is 3. The Morgan fingerprint density at radius 3 is 3.00 bits per heavy atom. The summed E-state index contributed by atoms with van der Waals surface area (Å²) in [6, 6.07) is -0.572. The first-order chi connectivity index (χ1) is 6.16. The Morgan fingerprint density at radius 2 is 2.46 bits per heavy atom. The summed E-state index contributed by atoms with van der Waals surface area (Å²) >= 11 is 0. The minimum atomic E-state index is -0.572. The summed E-state index contributed by atoms with van der Waals surface area (Å²) in [6.07, 6.45) is 0.917. The third-order valence-electron chi connectivity index (χ3n) is 1.73. The summed E-state index contributed by atoms with van der Waals surface area (Å²) in [5.74, 6) is -0.357. The molecule has 0 bridgehead atoms. The molecule has 0 radical (unpaired) electrons. The topological polar surface area (TPSA) is 47.9 Å². The molecule has 0 saturated heterocycles. The molecule has 2 atom stereocenters. The normalized spacial score (nSPS) is 25.4. The molecule has 4 heteroatoms. The van der Waals surface area contributed by atoms with Gasteiger partial charge in [0.1, 0.15) is 0 Å². The standard InChI is InChI=1S/C9H13NO3/c1-4-12-9(11)7-8(6(2)3)13-5-10-7/h5,7-8H,2,4H2,1,3H3/t7-,8-/m0/s1. The number of nitrogens with zero attached hydrogens (tertiary/aromatic N) is 1. The molecule has 0 spiro atoms. The second-order valence-electron chi connectivity index (χ2n) is 2.85. The zero-order chi connectivity index (χ0) is 9.84. The lowest BCUT2D eigenvalue weighted by atomic mass is 10.1. The minimum absolute atomic E-state index is 0.355. The summed E-state index contributed by atoms with van der Waals surface area (Å²) < 4.78 is 9.93. The first-order valence-electron chi connectivity index (χ1n) is 4.16. The van der Waals surface area contributed by atoms with E-state index in [0.717, 1.165) is 5.57 Å². The molecule has 1 heterocycles. The van der Waals surface area contributed by atoms with Crippen molar-refractivity contribution in [1.29, 1.82) is 0 Å². The van der Waals surface area contributed by atoms with Crippen LogP contribution in [-0.4, -0.2) is 31.1 Å². The van der Waals surface area contributed by atoms with Crippen LogP contribution in [0.4, 0.5) is 0 Å². The van der Waals surface area contributed by atoms with Crippen molar-refractivity contribution in [2.45, 2.75) is 26.0 Å². The van der Waals surface area contributed by atoms with Crippen LogP contribution in [0.25, 0.3) is 0 Å². The van der Waals surface area contributed by atoms with Gasteiger partial charge in [-0.1, -0.05) is 6.58 Å². The van der Waals surface area contributed by atoms with Crippen molar-refractivity contribution in [3.05, 3.63) is 12.2 Å². The Balaban J connectivity index is 2.62. The molecule has 0 unspecified atom stereocenters. The van der Waals surface area contributed by atoms with E-state index in [0.29, 0.717) is 6.61 Å². The number of aliphatic imine (C=N–C) groups is 1. The Labute approximate surface area is 77.2 Å². The van der Waals surface area contributed by atoms with Gasteiger partial charge < -0.3 is 9.47 Å². The Hall–Kier alpha value is -1.32. The van der Waals surface area contributed by atoms with Crippen LogP contribution < -0.4 is 0 Å². The van der Waals surface area contributed by atoms with Gasteiger partial charge in [-0.2, -0.15) is 0 Å². The molecule has 72 valence electrons. The lowest BCUT2D eigenvalue weighted by molar-refractivity contribution is -0.145. The predicted octanol–water partition coefficient (Wildman–Crippen LogP) is 0.921. The van der Waals surface area contributed by atoms with Crippen molar-refractivity contribution < 1.29 is 14.3 Å². The van der Waals surface area contributed by atoms with E-state index >= 15 is 0 Å². The van der Waals surface area contributed by atoms with Gasteiger partial charge in [0.05, 0.1) is 6.61 Å². The maximum Gasteiger partial charge on any atom is 0.335 e. The SMILES string of the molecule is C=C(C)[C@@H]1OC=N[C@@H]1C(=O)OCC. The fourth-order valence-electron chi connectivity index (χ4n) is 1.12. The minimum Gasteiger partial charge on any atom is -0.473 e. The van der Waals surface area contributed by atoms with E-state index < -0.39 is 6.04 Å². The average Bonchev–Trinajstić information content (AvgIpc) is 2.52. The molecule has 1 aliphatic rings. The van der Waals surface area contributed by atoms with Crippen molar-refractivity contribution in [3.63, 3.8) is 0 Å². The number of carbonyl (C=O) groups is 1. The van der Waals surface area contributed by atoms with Gasteiger partial charge in [0.25, 0.3) is 0 Å². The number of carbonyl (C=O) groups excluding carboxylic acids is 1. The molecule has 13 heavy (non-hydrogen) atoms. The fourth-order valence-corrected chi connectivity index (χ4v) is 1.12. The smallest absolute Gasteiger partial charge is 0.335 e. The second kappa shape index (κ2) is 4.07. The van der Waals surface area contributed by atoms with E-state index in [1.807, 2.05) is 0 Å². The predicted molar refractivity (Wildman–Crippen MR) is 48.6 cm³/mol. The van der Waals surface area contributed by atoms with E-state index in [1.165, 1.54) is 6.40 Å². The Bertz CT molecular complexity index is 247. The highest BCUT2D eigenvalue weighted by Crippen LogP contribution is 2.17. The van der Waals surface area contributed by atoms with E-state index in [9.17, 15) is 4.79 Å². The molecule has 0 N–H and O–H groups in total. The maximum atomic E-state index is 11.3. The lowest BCUT2D eigenvalue weighted by Gasteiger charge is -2.15. The van der Waals surface area contributed by atoms with Crippen molar-refractivity contribution in [1.82, 2.24) is 0 Å². The fraction of sp³-hybridized carbons (Fsp3) is 0.556. The van der Waals surface area contributed by atoms with Crippen LogP contribution in [0.5, 0.6) is 0 Å². The van der Waals surface area contributed by atoms with Crippen molar-refractivity contribution >= 4 is 12.4 Å². The van der Waals surface area contributed by atoms with E-state index in [-0.39, 0.29) is 12.1 Å². The van der Waals surface area contributed by atoms with Gasteiger partial charge in [-0.15, -0.1) is 0 Å². The van der Waals surface area contributed by atoms with Crippen molar-refractivity contribution in [2.24, 2.45) is 4.99 Å². The van der Waals surface area contributed by atoms with Gasteiger partial charge in [0.15, 0.2) is 18.5 Å². The zero-order valence-corrected chi connectivity index (χ0v) is 7.82. The number of esters is 1. The molecule has 1 aliphatic heterocycles. The average molecular weight is 183 g/mol. The van der Waals surface area contributed by atoms with E-state index in [1.54, 1.807) is 13.8 Å². The Morgan fingerprint density at radius 1 is 1.77 bits per heavy atom. The maximum absolute atomic E-state index is 11.3. The van der Waals surface area contributed by atoms with Crippen molar-refractivity contribution in [2.75, 3.05) is 6.61 Å². The highest BCUT2D eigenvalue weighted by molar-refractivity contribution is 5.80. The highest BCUT2D eigenvalue weighted by Gasteiger charge is 2.34. The van der Waals surface area contributed by atoms with Crippen LogP contribution in [-0.2, 0) is 14.3 Å². The monoisotopic (exact) mass is 183 g/mol. The second-order valence-corrected chi connectivity index (χ2v) is 2.85.